The second-order valence-corrected chi connectivity index (χ2v) is 7.16. The summed E-state index contributed by atoms with van der Waals surface area (Å²) in [4.78, 5) is 15.0. The van der Waals surface area contributed by atoms with Crippen molar-refractivity contribution in [3.8, 4) is 0 Å². The molecule has 2 rings (SSSR count). The van der Waals surface area contributed by atoms with Crippen LogP contribution in [0.25, 0.3) is 0 Å². The van der Waals surface area contributed by atoms with Crippen LogP contribution in [0.5, 0.6) is 0 Å². The molecule has 0 aromatic rings. The highest BCUT2D eigenvalue weighted by atomic mass is 16.2. The predicted octanol–water partition coefficient (Wildman–Crippen LogP) is 2.65. The smallest absolute Gasteiger partial charge is 0.230 e. The number of hydrogen-bond acceptors (Lipinski definition) is 2. The fraction of sp³-hybridized carbons (Fsp3) is 0.938. The van der Waals surface area contributed by atoms with E-state index < -0.39 is 0 Å². The maximum atomic E-state index is 12.9. The molecule has 3 heteroatoms. The van der Waals surface area contributed by atoms with E-state index in [4.69, 9.17) is 5.73 Å². The molecule has 110 valence electrons. The fourth-order valence-corrected chi connectivity index (χ4v) is 3.60. The highest BCUT2D eigenvalue weighted by Crippen LogP contribution is 2.40. The Balaban J connectivity index is 2.04. The van der Waals surface area contributed by atoms with E-state index in [9.17, 15) is 4.79 Å². The van der Waals surface area contributed by atoms with E-state index in [0.29, 0.717) is 18.4 Å². The number of amides is 1. The highest BCUT2D eigenvalue weighted by Gasteiger charge is 2.43. The molecule has 19 heavy (non-hydrogen) atoms. The first kappa shape index (κ1) is 14.8. The third-order valence-electron chi connectivity index (χ3n) is 5.70. The van der Waals surface area contributed by atoms with Gasteiger partial charge in [-0.2, -0.15) is 0 Å². The van der Waals surface area contributed by atoms with Crippen molar-refractivity contribution < 1.29 is 4.79 Å². The van der Waals surface area contributed by atoms with Crippen molar-refractivity contribution in [3.05, 3.63) is 0 Å². The minimum Gasteiger partial charge on any atom is -0.342 e. The van der Waals surface area contributed by atoms with Gasteiger partial charge in [0.1, 0.15) is 0 Å². The van der Waals surface area contributed by atoms with Gasteiger partial charge in [0, 0.05) is 19.6 Å². The van der Waals surface area contributed by atoms with Gasteiger partial charge in [0.15, 0.2) is 0 Å². The second kappa shape index (κ2) is 5.82. The van der Waals surface area contributed by atoms with Gasteiger partial charge in [-0.3, -0.25) is 4.79 Å². The molecule has 0 spiro atoms. The van der Waals surface area contributed by atoms with E-state index in [-0.39, 0.29) is 5.41 Å². The summed E-state index contributed by atoms with van der Waals surface area (Å²) in [6, 6.07) is 0. The first-order chi connectivity index (χ1) is 8.98. The summed E-state index contributed by atoms with van der Waals surface area (Å²) in [7, 11) is 0. The first-order valence-corrected chi connectivity index (χ1v) is 7.98. The van der Waals surface area contributed by atoms with E-state index in [1.807, 2.05) is 0 Å². The Morgan fingerprint density at radius 3 is 2.32 bits per heavy atom. The Labute approximate surface area is 117 Å². The molecule has 0 radical (unpaired) electrons. The largest absolute Gasteiger partial charge is 0.342 e. The quantitative estimate of drug-likeness (QED) is 0.835. The zero-order chi connectivity index (χ0) is 14.0. The number of likely N-dealkylation sites (tertiary alicyclic amines) is 1. The molecule has 1 amide bonds. The number of carbonyl (C=O) groups excluding carboxylic acids is 1. The molecule has 0 bridgehead atoms. The second-order valence-electron chi connectivity index (χ2n) is 7.16. The number of nitrogens with two attached hydrogens (primary N) is 1. The third kappa shape index (κ3) is 2.96. The lowest BCUT2D eigenvalue weighted by Crippen LogP contribution is -2.53. The normalized spacial score (nSPS) is 40.2. The number of carbonyl (C=O) groups is 1. The van der Waals surface area contributed by atoms with Crippen LogP contribution in [-0.2, 0) is 4.79 Å². The van der Waals surface area contributed by atoms with Crippen LogP contribution >= 0.6 is 0 Å². The van der Waals surface area contributed by atoms with Crippen LogP contribution in [0.4, 0.5) is 0 Å². The minimum absolute atomic E-state index is 0.243. The predicted molar refractivity (Wildman–Crippen MR) is 78.6 cm³/mol. The van der Waals surface area contributed by atoms with Crippen LogP contribution in [0.2, 0.25) is 0 Å². The summed E-state index contributed by atoms with van der Waals surface area (Å²) in [5.41, 5.74) is 5.76. The van der Waals surface area contributed by atoms with E-state index in [2.05, 4.69) is 25.7 Å². The number of piperidine rings is 1. The highest BCUT2D eigenvalue weighted by molar-refractivity contribution is 5.83. The van der Waals surface area contributed by atoms with Gasteiger partial charge in [0.05, 0.1) is 5.41 Å². The van der Waals surface area contributed by atoms with Crippen molar-refractivity contribution in [3.63, 3.8) is 0 Å². The molecule has 1 saturated heterocycles. The van der Waals surface area contributed by atoms with Gasteiger partial charge in [-0.15, -0.1) is 0 Å². The Hall–Kier alpha value is -0.570. The van der Waals surface area contributed by atoms with E-state index >= 15 is 0 Å². The number of rotatable bonds is 2. The van der Waals surface area contributed by atoms with E-state index in [1.54, 1.807) is 0 Å². The van der Waals surface area contributed by atoms with E-state index in [1.165, 1.54) is 0 Å². The summed E-state index contributed by atoms with van der Waals surface area (Å²) in [5, 5.41) is 0. The molecule has 1 aliphatic heterocycles. The molecule has 2 atom stereocenters. The van der Waals surface area contributed by atoms with Gasteiger partial charge in [-0.25, -0.2) is 0 Å². The molecule has 2 unspecified atom stereocenters. The number of hydrogen-bond donors (Lipinski definition) is 1. The molecule has 2 aliphatic rings. The van der Waals surface area contributed by atoms with Crippen molar-refractivity contribution in [1.29, 1.82) is 0 Å². The monoisotopic (exact) mass is 266 g/mol. The third-order valence-corrected chi connectivity index (χ3v) is 5.70. The molecule has 1 saturated carbocycles. The van der Waals surface area contributed by atoms with Gasteiger partial charge >= 0.3 is 0 Å². The van der Waals surface area contributed by atoms with Gasteiger partial charge in [-0.1, -0.05) is 20.8 Å². The molecular weight excluding hydrogens is 236 g/mol. The van der Waals surface area contributed by atoms with Gasteiger partial charge in [0.25, 0.3) is 0 Å². The van der Waals surface area contributed by atoms with Crippen LogP contribution in [0, 0.1) is 23.2 Å². The molecule has 2 N–H and O–H groups in total. The van der Waals surface area contributed by atoms with Crippen LogP contribution in [0.3, 0.4) is 0 Å². The molecule has 2 fully saturated rings. The summed E-state index contributed by atoms with van der Waals surface area (Å²) in [6.45, 7) is 9.24. The lowest BCUT2D eigenvalue weighted by molar-refractivity contribution is -0.146. The molecular formula is C16H30N2O. The molecule has 0 aromatic carbocycles. The maximum Gasteiger partial charge on any atom is 0.230 e. The van der Waals surface area contributed by atoms with Gasteiger partial charge in [0.2, 0.25) is 5.91 Å². The average molecular weight is 266 g/mol. The summed E-state index contributed by atoms with van der Waals surface area (Å²) >= 11 is 0. The Kier molecular flexibility index (Phi) is 4.54. The molecule has 1 heterocycles. The average Bonchev–Trinajstić information content (AvgIpc) is 2.42. The van der Waals surface area contributed by atoms with Crippen LogP contribution in [0.1, 0.15) is 52.9 Å². The van der Waals surface area contributed by atoms with Gasteiger partial charge < -0.3 is 10.6 Å². The topological polar surface area (TPSA) is 46.3 Å². The Morgan fingerprint density at radius 2 is 1.79 bits per heavy atom. The van der Waals surface area contributed by atoms with Crippen molar-refractivity contribution in [1.82, 2.24) is 4.90 Å². The fourth-order valence-electron chi connectivity index (χ4n) is 3.60. The SMILES string of the molecule is CC1CCC(CN)(C(=O)N2CCC(C)C(C)C2)CC1. The number of nitrogens with zero attached hydrogens (tertiary/aromatic N) is 1. The first-order valence-electron chi connectivity index (χ1n) is 7.98. The van der Waals surface area contributed by atoms with Crippen molar-refractivity contribution in [2.24, 2.45) is 28.9 Å². The molecule has 1 aliphatic carbocycles. The summed E-state index contributed by atoms with van der Waals surface area (Å²) < 4.78 is 0. The van der Waals surface area contributed by atoms with Crippen molar-refractivity contribution in [2.75, 3.05) is 19.6 Å². The maximum absolute atomic E-state index is 12.9. The van der Waals surface area contributed by atoms with Crippen molar-refractivity contribution >= 4 is 5.91 Å². The lowest BCUT2D eigenvalue weighted by Gasteiger charge is -2.44. The zero-order valence-electron chi connectivity index (χ0n) is 12.8. The van der Waals surface area contributed by atoms with Crippen LogP contribution in [-0.4, -0.2) is 30.4 Å². The lowest BCUT2D eigenvalue weighted by atomic mass is 9.69. The Morgan fingerprint density at radius 1 is 1.16 bits per heavy atom. The van der Waals surface area contributed by atoms with Crippen LogP contribution < -0.4 is 5.73 Å². The standard InChI is InChI=1S/C16H30N2O/c1-12-4-7-16(11-17,8-5-12)15(19)18-9-6-13(2)14(3)10-18/h12-14H,4-11,17H2,1-3H3. The van der Waals surface area contributed by atoms with Gasteiger partial charge in [-0.05, 0) is 49.9 Å². The molecule has 3 nitrogen and oxygen atoms in total. The van der Waals surface area contributed by atoms with Crippen LogP contribution in [0.15, 0.2) is 0 Å². The van der Waals surface area contributed by atoms with E-state index in [0.717, 1.165) is 57.0 Å². The van der Waals surface area contributed by atoms with Crippen molar-refractivity contribution in [2.45, 2.75) is 52.9 Å². The summed E-state index contributed by atoms with van der Waals surface area (Å²) in [5.74, 6) is 2.47. The minimum atomic E-state index is -0.243. The molecule has 0 aromatic heterocycles. The Bertz CT molecular complexity index is 321. The summed E-state index contributed by atoms with van der Waals surface area (Å²) in [6.07, 6.45) is 5.43. The zero-order valence-corrected chi connectivity index (χ0v) is 12.8.